The molecule has 0 radical (unpaired) electrons. The summed E-state index contributed by atoms with van der Waals surface area (Å²) in [5, 5.41) is 12.1. The van der Waals surface area contributed by atoms with Crippen molar-refractivity contribution in [1.29, 1.82) is 0 Å². The molecular formula is C29H27Cl3N2O5. The van der Waals surface area contributed by atoms with Gasteiger partial charge in [0.2, 0.25) is 0 Å². The van der Waals surface area contributed by atoms with Crippen molar-refractivity contribution in [3.8, 4) is 11.5 Å². The molecular weight excluding hydrogens is 563 g/mol. The molecule has 0 spiro atoms. The second kappa shape index (κ2) is 11.8. The molecule has 0 saturated carbocycles. The number of carbonyl (C=O) groups is 2. The molecule has 1 heterocycles. The summed E-state index contributed by atoms with van der Waals surface area (Å²) in [5.74, 6) is -2.00. The van der Waals surface area contributed by atoms with E-state index in [0.29, 0.717) is 16.3 Å². The number of aliphatic hydroxyl groups excluding tert-OH is 1. The number of nitrogens with zero attached hydrogens (tertiary/aromatic N) is 2. The molecule has 1 atom stereocenters. The maximum absolute atomic E-state index is 13.6. The van der Waals surface area contributed by atoms with Gasteiger partial charge in [0, 0.05) is 29.5 Å². The Kier molecular flexibility index (Phi) is 8.64. The van der Waals surface area contributed by atoms with E-state index in [-0.39, 0.29) is 32.7 Å². The Labute approximate surface area is 242 Å². The third kappa shape index (κ3) is 5.14. The number of hydrogen-bond donors (Lipinski definition) is 1. The quantitative estimate of drug-likeness (QED) is 0.171. The van der Waals surface area contributed by atoms with E-state index < -0.39 is 23.5 Å². The molecule has 1 unspecified atom stereocenters. The van der Waals surface area contributed by atoms with E-state index in [0.717, 1.165) is 18.8 Å². The van der Waals surface area contributed by atoms with Gasteiger partial charge in [-0.25, -0.2) is 0 Å². The Morgan fingerprint density at radius 3 is 2.15 bits per heavy atom. The highest BCUT2D eigenvalue weighted by molar-refractivity contribution is 6.52. The summed E-state index contributed by atoms with van der Waals surface area (Å²) in [6.45, 7) is 5.75. The fourth-order valence-electron chi connectivity index (χ4n) is 4.79. The van der Waals surface area contributed by atoms with Crippen molar-refractivity contribution >= 4 is 63.6 Å². The van der Waals surface area contributed by atoms with E-state index in [1.165, 1.54) is 25.2 Å². The molecule has 1 fully saturated rings. The molecule has 1 saturated heterocycles. The number of aliphatic hydroxyl groups is 1. The third-order valence-electron chi connectivity index (χ3n) is 6.66. The lowest BCUT2D eigenvalue weighted by atomic mass is 9.94. The van der Waals surface area contributed by atoms with Crippen LogP contribution in [0.25, 0.3) is 5.76 Å². The molecule has 1 N–H and O–H groups in total. The Bertz CT molecular complexity index is 1450. The van der Waals surface area contributed by atoms with E-state index in [1.54, 1.807) is 24.3 Å². The van der Waals surface area contributed by atoms with Crippen LogP contribution in [0.1, 0.15) is 31.0 Å². The second-order valence-corrected chi connectivity index (χ2v) is 9.92. The first kappa shape index (κ1) is 28.6. The monoisotopic (exact) mass is 588 g/mol. The van der Waals surface area contributed by atoms with Gasteiger partial charge < -0.3 is 19.5 Å². The molecule has 4 rings (SSSR count). The highest BCUT2D eigenvalue weighted by Gasteiger charge is 2.47. The number of halogens is 3. The SMILES string of the molecule is CCN(CC)c1ccc(C2/C(=C(\O)c3cc(Cl)c(OC)c(Cl)c3OC)C(=O)C(=O)N2c2cccc(Cl)c2)cc1. The molecule has 204 valence electrons. The van der Waals surface area contributed by atoms with Crippen molar-refractivity contribution in [2.24, 2.45) is 0 Å². The average Bonchev–Trinajstić information content (AvgIpc) is 3.19. The molecule has 7 nitrogen and oxygen atoms in total. The number of ether oxygens (including phenoxy) is 2. The molecule has 0 aromatic heterocycles. The van der Waals surface area contributed by atoms with Gasteiger partial charge in [0.05, 0.1) is 36.4 Å². The summed E-state index contributed by atoms with van der Waals surface area (Å²) in [6, 6.07) is 14.5. The van der Waals surface area contributed by atoms with Gasteiger partial charge in [0.1, 0.15) is 10.8 Å². The Morgan fingerprint density at radius 1 is 0.949 bits per heavy atom. The molecule has 3 aromatic rings. The van der Waals surface area contributed by atoms with Crippen molar-refractivity contribution in [3.63, 3.8) is 0 Å². The van der Waals surface area contributed by atoms with Gasteiger partial charge in [-0.2, -0.15) is 0 Å². The zero-order chi connectivity index (χ0) is 28.4. The molecule has 1 aliphatic heterocycles. The van der Waals surface area contributed by atoms with Gasteiger partial charge in [0.15, 0.2) is 11.5 Å². The van der Waals surface area contributed by atoms with Crippen LogP contribution in [-0.2, 0) is 9.59 Å². The van der Waals surface area contributed by atoms with Gasteiger partial charge >= 0.3 is 0 Å². The molecule has 0 aliphatic carbocycles. The van der Waals surface area contributed by atoms with Crippen LogP contribution in [0.2, 0.25) is 15.1 Å². The summed E-state index contributed by atoms with van der Waals surface area (Å²) in [7, 11) is 2.75. The van der Waals surface area contributed by atoms with Crippen LogP contribution in [0.3, 0.4) is 0 Å². The molecule has 39 heavy (non-hydrogen) atoms. The number of anilines is 2. The summed E-state index contributed by atoms with van der Waals surface area (Å²) in [4.78, 5) is 30.5. The highest BCUT2D eigenvalue weighted by Crippen LogP contribution is 2.48. The van der Waals surface area contributed by atoms with Crippen LogP contribution in [0.15, 0.2) is 60.2 Å². The number of methoxy groups -OCH3 is 2. The number of benzene rings is 3. The van der Waals surface area contributed by atoms with E-state index in [1.807, 2.05) is 24.3 Å². The molecule has 10 heteroatoms. The summed E-state index contributed by atoms with van der Waals surface area (Å²) in [6.07, 6.45) is 0. The Morgan fingerprint density at radius 2 is 1.59 bits per heavy atom. The van der Waals surface area contributed by atoms with E-state index in [2.05, 4.69) is 18.7 Å². The fraction of sp³-hybridized carbons (Fsp3) is 0.241. The van der Waals surface area contributed by atoms with Gasteiger partial charge in [-0.1, -0.05) is 53.0 Å². The van der Waals surface area contributed by atoms with Crippen molar-refractivity contribution < 1.29 is 24.2 Å². The highest BCUT2D eigenvalue weighted by atomic mass is 35.5. The first-order chi connectivity index (χ1) is 18.7. The lowest BCUT2D eigenvalue weighted by Gasteiger charge is -2.27. The molecule has 0 bridgehead atoms. The Balaban J connectivity index is 1.98. The minimum absolute atomic E-state index is 0.0123. The maximum atomic E-state index is 13.6. The van der Waals surface area contributed by atoms with Crippen molar-refractivity contribution in [3.05, 3.63) is 86.4 Å². The van der Waals surface area contributed by atoms with Crippen LogP contribution in [0, 0.1) is 0 Å². The Hall–Kier alpha value is -3.39. The van der Waals surface area contributed by atoms with Crippen molar-refractivity contribution in [2.75, 3.05) is 37.1 Å². The normalized spacial score (nSPS) is 16.5. The fourth-order valence-corrected chi connectivity index (χ4v) is 5.66. The van der Waals surface area contributed by atoms with Crippen molar-refractivity contribution in [1.82, 2.24) is 0 Å². The first-order valence-corrected chi connectivity index (χ1v) is 13.3. The number of ketones is 1. The minimum atomic E-state index is -0.974. The predicted octanol–water partition coefficient (Wildman–Crippen LogP) is 7.14. The van der Waals surface area contributed by atoms with Crippen LogP contribution in [0.5, 0.6) is 11.5 Å². The predicted molar refractivity (Wildman–Crippen MR) is 156 cm³/mol. The van der Waals surface area contributed by atoms with Crippen molar-refractivity contribution in [2.45, 2.75) is 19.9 Å². The standard InChI is InChI=1S/C29H27Cl3N2O5/c1-5-33(6-2)18-12-10-16(11-13-18)24-22(26(36)29(37)34(24)19-9-7-8-17(30)14-19)25(35)20-15-21(31)28(39-4)23(32)27(20)38-3/h7-15,24,35H,5-6H2,1-4H3/b25-22+. The van der Waals surface area contributed by atoms with Gasteiger partial charge in [-0.15, -0.1) is 0 Å². The third-order valence-corrected chi connectivity index (χ3v) is 7.52. The van der Waals surface area contributed by atoms with Crippen LogP contribution < -0.4 is 19.3 Å². The number of hydrogen-bond acceptors (Lipinski definition) is 6. The average molecular weight is 590 g/mol. The van der Waals surface area contributed by atoms with E-state index >= 15 is 0 Å². The second-order valence-electron chi connectivity index (χ2n) is 8.70. The van der Waals surface area contributed by atoms with Gasteiger partial charge in [-0.05, 0) is 55.8 Å². The van der Waals surface area contributed by atoms with E-state index in [9.17, 15) is 14.7 Å². The largest absolute Gasteiger partial charge is 0.507 e. The van der Waals surface area contributed by atoms with Gasteiger partial charge in [0.25, 0.3) is 11.7 Å². The van der Waals surface area contributed by atoms with Crippen LogP contribution in [-0.4, -0.2) is 44.1 Å². The molecule has 1 amide bonds. The smallest absolute Gasteiger partial charge is 0.300 e. The topological polar surface area (TPSA) is 79.3 Å². The zero-order valence-electron chi connectivity index (χ0n) is 21.8. The van der Waals surface area contributed by atoms with Gasteiger partial charge in [-0.3, -0.25) is 14.5 Å². The minimum Gasteiger partial charge on any atom is -0.507 e. The van der Waals surface area contributed by atoms with E-state index in [4.69, 9.17) is 44.3 Å². The summed E-state index contributed by atoms with van der Waals surface area (Å²) in [5.41, 5.74) is 1.89. The molecule has 3 aromatic carbocycles. The number of amides is 1. The number of Topliss-reactive ketones (excluding diaryl/α,β-unsaturated/α-hetero) is 1. The van der Waals surface area contributed by atoms with Crippen LogP contribution in [0.4, 0.5) is 11.4 Å². The lowest BCUT2D eigenvalue weighted by molar-refractivity contribution is -0.132. The molecule has 1 aliphatic rings. The van der Waals surface area contributed by atoms with Crippen LogP contribution >= 0.6 is 34.8 Å². The first-order valence-electron chi connectivity index (χ1n) is 12.2. The number of rotatable bonds is 8. The number of carbonyl (C=O) groups excluding carboxylic acids is 2. The maximum Gasteiger partial charge on any atom is 0.300 e. The lowest BCUT2D eigenvalue weighted by Crippen LogP contribution is -2.29. The summed E-state index contributed by atoms with van der Waals surface area (Å²) < 4.78 is 10.7. The summed E-state index contributed by atoms with van der Waals surface area (Å²) >= 11 is 19.1. The zero-order valence-corrected chi connectivity index (χ0v) is 24.1.